The Bertz CT molecular complexity index is 247. The molecule has 2 N–H and O–H groups in total. The lowest BCUT2D eigenvalue weighted by atomic mass is 10.0. The van der Waals surface area contributed by atoms with E-state index in [0.29, 0.717) is 18.9 Å². The molecule has 1 unspecified atom stereocenters. The van der Waals surface area contributed by atoms with Crippen LogP contribution in [0, 0.1) is 5.92 Å². The second-order valence-corrected chi connectivity index (χ2v) is 5.50. The molecule has 0 saturated carbocycles. The van der Waals surface area contributed by atoms with Crippen molar-refractivity contribution in [3.8, 4) is 0 Å². The normalized spacial score (nSPS) is 13.1. The van der Waals surface area contributed by atoms with Crippen molar-refractivity contribution >= 4 is 12.5 Å². The third-order valence-corrected chi connectivity index (χ3v) is 1.92. The second kappa shape index (κ2) is 7.14. The van der Waals surface area contributed by atoms with Gasteiger partial charge in [0.15, 0.2) is 0 Å². The maximum absolute atomic E-state index is 11.6. The molecule has 0 aliphatic rings. The van der Waals surface area contributed by atoms with Gasteiger partial charge in [0.1, 0.15) is 5.60 Å². The molecule has 2 amide bonds. The SMILES string of the molecule is CC(C)CC(CNC=O)NC(=O)OC(C)(C)C. The Morgan fingerprint density at radius 1 is 1.35 bits per heavy atom. The summed E-state index contributed by atoms with van der Waals surface area (Å²) in [7, 11) is 0. The third-order valence-electron chi connectivity index (χ3n) is 1.92. The molecular formula is C12H24N2O3. The summed E-state index contributed by atoms with van der Waals surface area (Å²) < 4.78 is 5.16. The summed E-state index contributed by atoms with van der Waals surface area (Å²) in [6.07, 6.45) is 0.973. The van der Waals surface area contributed by atoms with E-state index in [1.807, 2.05) is 20.8 Å². The zero-order valence-electron chi connectivity index (χ0n) is 11.4. The van der Waals surface area contributed by atoms with Crippen LogP contribution in [0.3, 0.4) is 0 Å². The fourth-order valence-corrected chi connectivity index (χ4v) is 1.43. The summed E-state index contributed by atoms with van der Waals surface area (Å²) in [5.41, 5.74) is -0.509. The van der Waals surface area contributed by atoms with Gasteiger partial charge in [-0.2, -0.15) is 0 Å². The fraction of sp³-hybridized carbons (Fsp3) is 0.833. The van der Waals surface area contributed by atoms with Gasteiger partial charge in [0.05, 0.1) is 0 Å². The maximum atomic E-state index is 11.6. The molecular weight excluding hydrogens is 220 g/mol. The van der Waals surface area contributed by atoms with E-state index < -0.39 is 11.7 Å². The van der Waals surface area contributed by atoms with Crippen molar-refractivity contribution in [2.75, 3.05) is 6.54 Å². The van der Waals surface area contributed by atoms with Crippen LogP contribution in [0.25, 0.3) is 0 Å². The molecule has 1 atom stereocenters. The molecule has 0 radical (unpaired) electrons. The molecule has 0 aliphatic heterocycles. The number of amides is 2. The smallest absolute Gasteiger partial charge is 0.407 e. The van der Waals surface area contributed by atoms with Gasteiger partial charge in [-0.05, 0) is 33.1 Å². The first-order valence-corrected chi connectivity index (χ1v) is 5.91. The molecule has 0 spiro atoms. The summed E-state index contributed by atoms with van der Waals surface area (Å²) in [6, 6.07) is -0.102. The van der Waals surface area contributed by atoms with Gasteiger partial charge >= 0.3 is 6.09 Å². The number of hydrogen-bond acceptors (Lipinski definition) is 3. The Balaban J connectivity index is 4.21. The van der Waals surface area contributed by atoms with Crippen LogP contribution >= 0.6 is 0 Å². The molecule has 0 aliphatic carbocycles. The van der Waals surface area contributed by atoms with Crippen LogP contribution in [0.15, 0.2) is 0 Å². The number of nitrogens with one attached hydrogen (secondary N) is 2. The number of carbonyl (C=O) groups excluding carboxylic acids is 2. The second-order valence-electron chi connectivity index (χ2n) is 5.50. The molecule has 0 aromatic rings. The van der Waals surface area contributed by atoms with Crippen molar-refractivity contribution in [3.63, 3.8) is 0 Å². The predicted molar refractivity (Wildman–Crippen MR) is 66.7 cm³/mol. The quantitative estimate of drug-likeness (QED) is 0.698. The van der Waals surface area contributed by atoms with Gasteiger partial charge in [-0.15, -0.1) is 0 Å². The van der Waals surface area contributed by atoms with Gasteiger partial charge in [0.2, 0.25) is 6.41 Å². The van der Waals surface area contributed by atoms with Crippen LogP contribution in [-0.2, 0) is 9.53 Å². The Labute approximate surface area is 103 Å². The zero-order chi connectivity index (χ0) is 13.5. The van der Waals surface area contributed by atoms with E-state index >= 15 is 0 Å². The first-order chi connectivity index (χ1) is 7.74. The van der Waals surface area contributed by atoms with Crippen molar-refractivity contribution in [3.05, 3.63) is 0 Å². The molecule has 0 heterocycles. The standard InChI is InChI=1S/C12H24N2O3/c1-9(2)6-10(7-13-8-15)14-11(16)17-12(3,4)5/h8-10H,6-7H2,1-5H3,(H,13,15)(H,14,16). The molecule has 0 rings (SSSR count). The number of carbonyl (C=O) groups is 2. The van der Waals surface area contributed by atoms with Crippen LogP contribution in [0.2, 0.25) is 0 Å². The predicted octanol–water partition coefficient (Wildman–Crippen LogP) is 1.67. The highest BCUT2D eigenvalue weighted by Crippen LogP contribution is 2.08. The Morgan fingerprint density at radius 3 is 2.35 bits per heavy atom. The molecule has 5 heteroatoms. The summed E-state index contributed by atoms with van der Waals surface area (Å²) in [6.45, 7) is 9.98. The van der Waals surface area contributed by atoms with Crippen LogP contribution in [0.1, 0.15) is 41.0 Å². The van der Waals surface area contributed by atoms with Crippen LogP contribution in [0.5, 0.6) is 0 Å². The fourth-order valence-electron chi connectivity index (χ4n) is 1.43. The van der Waals surface area contributed by atoms with Gasteiger partial charge in [0, 0.05) is 12.6 Å². The van der Waals surface area contributed by atoms with E-state index in [4.69, 9.17) is 4.74 Å². The van der Waals surface area contributed by atoms with Crippen molar-refractivity contribution in [1.82, 2.24) is 10.6 Å². The highest BCUT2D eigenvalue weighted by Gasteiger charge is 2.19. The summed E-state index contributed by atoms with van der Waals surface area (Å²) in [4.78, 5) is 21.8. The highest BCUT2D eigenvalue weighted by atomic mass is 16.6. The molecule has 100 valence electrons. The van der Waals surface area contributed by atoms with E-state index in [9.17, 15) is 9.59 Å². The van der Waals surface area contributed by atoms with Crippen LogP contribution in [-0.4, -0.2) is 30.7 Å². The zero-order valence-corrected chi connectivity index (χ0v) is 11.4. The van der Waals surface area contributed by atoms with Gasteiger partial charge in [0.25, 0.3) is 0 Å². The number of rotatable bonds is 6. The summed E-state index contributed by atoms with van der Waals surface area (Å²) in [5.74, 6) is 0.434. The molecule has 5 nitrogen and oxygen atoms in total. The minimum absolute atomic E-state index is 0.102. The molecule has 0 aromatic heterocycles. The third kappa shape index (κ3) is 9.66. The Hall–Kier alpha value is -1.26. The van der Waals surface area contributed by atoms with Crippen molar-refractivity contribution in [2.24, 2.45) is 5.92 Å². The van der Waals surface area contributed by atoms with E-state index in [2.05, 4.69) is 24.5 Å². The van der Waals surface area contributed by atoms with Gasteiger partial charge < -0.3 is 15.4 Å². The minimum atomic E-state index is -0.509. The van der Waals surface area contributed by atoms with Crippen molar-refractivity contribution in [1.29, 1.82) is 0 Å². The summed E-state index contributed by atoms with van der Waals surface area (Å²) in [5, 5.41) is 5.33. The van der Waals surface area contributed by atoms with E-state index in [0.717, 1.165) is 6.42 Å². The van der Waals surface area contributed by atoms with E-state index in [1.165, 1.54) is 0 Å². The Kier molecular flexibility index (Phi) is 6.61. The van der Waals surface area contributed by atoms with Crippen molar-refractivity contribution in [2.45, 2.75) is 52.7 Å². The van der Waals surface area contributed by atoms with Crippen LogP contribution in [0.4, 0.5) is 4.79 Å². The average molecular weight is 244 g/mol. The molecule has 0 aromatic carbocycles. The highest BCUT2D eigenvalue weighted by molar-refractivity contribution is 5.68. The van der Waals surface area contributed by atoms with Crippen LogP contribution < -0.4 is 10.6 Å². The van der Waals surface area contributed by atoms with E-state index in [-0.39, 0.29) is 6.04 Å². The van der Waals surface area contributed by atoms with Gasteiger partial charge in [-0.25, -0.2) is 4.79 Å². The summed E-state index contributed by atoms with van der Waals surface area (Å²) >= 11 is 0. The molecule has 0 fully saturated rings. The monoisotopic (exact) mass is 244 g/mol. The first kappa shape index (κ1) is 15.7. The number of ether oxygens (including phenoxy) is 1. The lowest BCUT2D eigenvalue weighted by Crippen LogP contribution is -2.44. The lowest BCUT2D eigenvalue weighted by molar-refractivity contribution is -0.109. The average Bonchev–Trinajstić information content (AvgIpc) is 2.09. The maximum Gasteiger partial charge on any atom is 0.407 e. The Morgan fingerprint density at radius 2 is 1.94 bits per heavy atom. The minimum Gasteiger partial charge on any atom is -0.444 e. The lowest BCUT2D eigenvalue weighted by Gasteiger charge is -2.24. The molecule has 0 bridgehead atoms. The van der Waals surface area contributed by atoms with Crippen molar-refractivity contribution < 1.29 is 14.3 Å². The van der Waals surface area contributed by atoms with Gasteiger partial charge in [-0.1, -0.05) is 13.8 Å². The molecule has 0 saturated heterocycles. The molecule has 17 heavy (non-hydrogen) atoms. The van der Waals surface area contributed by atoms with E-state index in [1.54, 1.807) is 0 Å². The number of alkyl carbamates (subject to hydrolysis) is 1. The van der Waals surface area contributed by atoms with Gasteiger partial charge in [-0.3, -0.25) is 4.79 Å². The first-order valence-electron chi connectivity index (χ1n) is 5.91. The topological polar surface area (TPSA) is 67.4 Å². The largest absolute Gasteiger partial charge is 0.444 e. The number of hydrogen-bond donors (Lipinski definition) is 2.